The molecule has 5 heteroatoms. The number of ether oxygens (including phenoxy) is 1. The van der Waals surface area contributed by atoms with Crippen LogP contribution in [0.4, 0.5) is 16.2 Å². The van der Waals surface area contributed by atoms with Crippen LogP contribution in [0, 0.1) is 0 Å². The SMILES string of the molecule is CN(C)c1ccc(Br)cc1NC(=O)OC(C)(C)C. The van der Waals surface area contributed by atoms with Crippen LogP contribution in [0.1, 0.15) is 20.8 Å². The van der Waals surface area contributed by atoms with Gasteiger partial charge in [-0.25, -0.2) is 4.79 Å². The van der Waals surface area contributed by atoms with Gasteiger partial charge in [0.05, 0.1) is 11.4 Å². The Balaban J connectivity index is 2.89. The molecule has 4 nitrogen and oxygen atoms in total. The van der Waals surface area contributed by atoms with E-state index in [1.807, 2.05) is 58.0 Å². The van der Waals surface area contributed by atoms with Crippen molar-refractivity contribution in [2.45, 2.75) is 26.4 Å². The molecule has 0 aliphatic heterocycles. The van der Waals surface area contributed by atoms with E-state index >= 15 is 0 Å². The maximum Gasteiger partial charge on any atom is 0.412 e. The van der Waals surface area contributed by atoms with Gasteiger partial charge in [-0.05, 0) is 39.0 Å². The highest BCUT2D eigenvalue weighted by Crippen LogP contribution is 2.28. The summed E-state index contributed by atoms with van der Waals surface area (Å²) in [6.45, 7) is 5.50. The largest absolute Gasteiger partial charge is 0.444 e. The zero-order chi connectivity index (χ0) is 13.9. The zero-order valence-corrected chi connectivity index (χ0v) is 13.0. The summed E-state index contributed by atoms with van der Waals surface area (Å²) in [5.74, 6) is 0. The zero-order valence-electron chi connectivity index (χ0n) is 11.4. The molecule has 0 radical (unpaired) electrons. The maximum atomic E-state index is 11.7. The Morgan fingerprint density at radius 2 is 1.94 bits per heavy atom. The van der Waals surface area contributed by atoms with Crippen molar-refractivity contribution < 1.29 is 9.53 Å². The predicted octanol–water partition coefficient (Wildman–Crippen LogP) is 3.86. The average molecular weight is 315 g/mol. The van der Waals surface area contributed by atoms with Crippen LogP contribution in [0.3, 0.4) is 0 Å². The molecule has 0 aliphatic carbocycles. The molecule has 0 spiro atoms. The van der Waals surface area contributed by atoms with E-state index in [4.69, 9.17) is 4.74 Å². The molecule has 1 amide bonds. The Bertz CT molecular complexity index is 439. The third kappa shape index (κ3) is 4.56. The van der Waals surface area contributed by atoms with Crippen LogP contribution in [0.2, 0.25) is 0 Å². The van der Waals surface area contributed by atoms with E-state index in [0.29, 0.717) is 5.69 Å². The van der Waals surface area contributed by atoms with Crippen molar-refractivity contribution >= 4 is 33.4 Å². The van der Waals surface area contributed by atoms with E-state index in [1.54, 1.807) is 0 Å². The van der Waals surface area contributed by atoms with E-state index in [0.717, 1.165) is 10.2 Å². The molecule has 0 saturated carbocycles. The summed E-state index contributed by atoms with van der Waals surface area (Å²) in [5.41, 5.74) is 1.13. The second-order valence-corrected chi connectivity index (χ2v) is 6.10. The molecule has 1 rings (SSSR count). The highest BCUT2D eigenvalue weighted by atomic mass is 79.9. The maximum absolute atomic E-state index is 11.7. The Hall–Kier alpha value is -1.23. The van der Waals surface area contributed by atoms with Crippen LogP contribution in [-0.2, 0) is 4.74 Å². The fourth-order valence-electron chi connectivity index (χ4n) is 1.41. The first-order valence-corrected chi connectivity index (χ1v) is 6.45. The number of benzene rings is 1. The van der Waals surface area contributed by atoms with Gasteiger partial charge in [0.2, 0.25) is 0 Å². The fraction of sp³-hybridized carbons (Fsp3) is 0.462. The molecular weight excluding hydrogens is 296 g/mol. The lowest BCUT2D eigenvalue weighted by atomic mass is 10.2. The molecule has 100 valence electrons. The standard InChI is InChI=1S/C13H19BrN2O2/c1-13(2,3)18-12(17)15-10-8-9(14)6-7-11(10)16(4)5/h6-8H,1-5H3,(H,15,17). The molecule has 1 aromatic rings. The normalized spacial score (nSPS) is 11.0. The van der Waals surface area contributed by atoms with Gasteiger partial charge in [0, 0.05) is 18.6 Å². The molecule has 0 unspecified atom stereocenters. The number of carbonyl (C=O) groups is 1. The van der Waals surface area contributed by atoms with Crippen molar-refractivity contribution in [2.75, 3.05) is 24.3 Å². The van der Waals surface area contributed by atoms with Crippen molar-refractivity contribution in [1.29, 1.82) is 0 Å². The quantitative estimate of drug-likeness (QED) is 0.901. The molecule has 0 fully saturated rings. The van der Waals surface area contributed by atoms with Crippen LogP contribution in [0.25, 0.3) is 0 Å². The number of amides is 1. The summed E-state index contributed by atoms with van der Waals surface area (Å²) in [7, 11) is 3.84. The molecule has 1 N–H and O–H groups in total. The molecule has 0 bridgehead atoms. The van der Waals surface area contributed by atoms with E-state index in [1.165, 1.54) is 0 Å². The Morgan fingerprint density at radius 1 is 1.33 bits per heavy atom. The monoisotopic (exact) mass is 314 g/mol. The second kappa shape index (κ2) is 5.61. The van der Waals surface area contributed by atoms with E-state index in [9.17, 15) is 4.79 Å². The molecule has 0 heterocycles. The number of nitrogens with one attached hydrogen (secondary N) is 1. The average Bonchev–Trinajstić information content (AvgIpc) is 2.13. The second-order valence-electron chi connectivity index (χ2n) is 5.18. The summed E-state index contributed by atoms with van der Waals surface area (Å²) in [6.07, 6.45) is -0.455. The minimum Gasteiger partial charge on any atom is -0.444 e. The molecule has 0 atom stereocenters. The van der Waals surface area contributed by atoms with Gasteiger partial charge in [-0.2, -0.15) is 0 Å². The first-order chi connectivity index (χ1) is 8.19. The number of rotatable bonds is 2. The molecule has 0 saturated heterocycles. The summed E-state index contributed by atoms with van der Waals surface area (Å²) in [5, 5.41) is 2.76. The van der Waals surface area contributed by atoms with Crippen LogP contribution in [0.5, 0.6) is 0 Å². The summed E-state index contributed by atoms with van der Waals surface area (Å²) < 4.78 is 6.13. The number of hydrogen-bond donors (Lipinski definition) is 1. The summed E-state index contributed by atoms with van der Waals surface area (Å²) in [4.78, 5) is 13.7. The summed E-state index contributed by atoms with van der Waals surface area (Å²) in [6, 6.07) is 5.70. The van der Waals surface area contributed by atoms with Gasteiger partial charge >= 0.3 is 6.09 Å². The first-order valence-electron chi connectivity index (χ1n) is 5.66. The number of halogens is 1. The number of nitrogens with zero attached hydrogens (tertiary/aromatic N) is 1. The van der Waals surface area contributed by atoms with E-state index < -0.39 is 11.7 Å². The van der Waals surface area contributed by atoms with Gasteiger partial charge in [-0.1, -0.05) is 15.9 Å². The van der Waals surface area contributed by atoms with Crippen LogP contribution < -0.4 is 10.2 Å². The first kappa shape index (κ1) is 14.8. The molecular formula is C13H19BrN2O2. The molecule has 18 heavy (non-hydrogen) atoms. The minimum atomic E-state index is -0.506. The molecule has 0 aliphatic rings. The van der Waals surface area contributed by atoms with Gasteiger partial charge in [0.25, 0.3) is 0 Å². The van der Waals surface area contributed by atoms with Gasteiger partial charge in [-0.3, -0.25) is 5.32 Å². The lowest BCUT2D eigenvalue weighted by molar-refractivity contribution is 0.0636. The smallest absolute Gasteiger partial charge is 0.412 e. The summed E-state index contributed by atoms with van der Waals surface area (Å²) >= 11 is 3.39. The van der Waals surface area contributed by atoms with E-state index in [-0.39, 0.29) is 0 Å². The molecule has 1 aromatic carbocycles. The number of anilines is 2. The number of carbonyl (C=O) groups excluding carboxylic acids is 1. The van der Waals surface area contributed by atoms with Gasteiger partial charge in [0.1, 0.15) is 5.60 Å². The van der Waals surface area contributed by atoms with E-state index in [2.05, 4.69) is 21.2 Å². The van der Waals surface area contributed by atoms with Crippen molar-refractivity contribution in [1.82, 2.24) is 0 Å². The minimum absolute atomic E-state index is 0.455. The number of hydrogen-bond acceptors (Lipinski definition) is 3. The van der Waals surface area contributed by atoms with Crippen LogP contribution in [0.15, 0.2) is 22.7 Å². The third-order valence-electron chi connectivity index (χ3n) is 2.08. The van der Waals surface area contributed by atoms with Crippen molar-refractivity contribution in [3.05, 3.63) is 22.7 Å². The van der Waals surface area contributed by atoms with Crippen LogP contribution in [-0.4, -0.2) is 25.8 Å². The lowest BCUT2D eigenvalue weighted by Gasteiger charge is -2.22. The predicted molar refractivity (Wildman–Crippen MR) is 78.3 cm³/mol. The fourth-order valence-corrected chi connectivity index (χ4v) is 1.77. The topological polar surface area (TPSA) is 41.6 Å². The lowest BCUT2D eigenvalue weighted by Crippen LogP contribution is -2.27. The highest BCUT2D eigenvalue weighted by Gasteiger charge is 2.17. The van der Waals surface area contributed by atoms with Gasteiger partial charge in [-0.15, -0.1) is 0 Å². The highest BCUT2D eigenvalue weighted by molar-refractivity contribution is 9.10. The van der Waals surface area contributed by atoms with Crippen molar-refractivity contribution in [3.8, 4) is 0 Å². The van der Waals surface area contributed by atoms with Crippen LogP contribution >= 0.6 is 15.9 Å². The van der Waals surface area contributed by atoms with Gasteiger partial charge in [0.15, 0.2) is 0 Å². The van der Waals surface area contributed by atoms with Crippen molar-refractivity contribution in [3.63, 3.8) is 0 Å². The Kier molecular flexibility index (Phi) is 4.62. The molecule has 0 aromatic heterocycles. The Morgan fingerprint density at radius 3 is 2.44 bits per heavy atom. The van der Waals surface area contributed by atoms with Gasteiger partial charge < -0.3 is 9.64 Å². The Labute approximate surface area is 116 Å². The van der Waals surface area contributed by atoms with Crippen molar-refractivity contribution in [2.24, 2.45) is 0 Å². The third-order valence-corrected chi connectivity index (χ3v) is 2.57.